The van der Waals surface area contributed by atoms with Gasteiger partial charge < -0.3 is 0 Å². The zero-order valence-electron chi connectivity index (χ0n) is 11.3. The molecule has 0 aliphatic heterocycles. The molecule has 1 aromatic heterocycles. The quantitative estimate of drug-likeness (QED) is 0.753. The molecule has 0 fully saturated rings. The summed E-state index contributed by atoms with van der Waals surface area (Å²) in [7, 11) is -11.2. The van der Waals surface area contributed by atoms with Crippen molar-refractivity contribution in [2.75, 3.05) is 17.3 Å². The Kier molecular flexibility index (Phi) is 5.05. The predicted octanol–water partition coefficient (Wildman–Crippen LogP) is 1.13. The molecule has 20 heavy (non-hydrogen) atoms. The highest BCUT2D eigenvalue weighted by Crippen LogP contribution is 2.35. The van der Waals surface area contributed by atoms with Gasteiger partial charge in [0.25, 0.3) is 0 Å². The van der Waals surface area contributed by atoms with E-state index in [4.69, 9.17) is 0 Å². The van der Waals surface area contributed by atoms with Crippen molar-refractivity contribution in [3.8, 4) is 0 Å². The maximum absolute atomic E-state index is 12.0. The second-order valence-corrected chi connectivity index (χ2v) is 12.2. The number of hydrogen-bond donors (Lipinski definition) is 0. The molecule has 1 aromatic rings. The molecule has 0 unspecified atom stereocenters. The van der Waals surface area contributed by atoms with E-state index in [-0.39, 0.29) is 25.7 Å². The van der Waals surface area contributed by atoms with Crippen LogP contribution in [0, 0.1) is 0 Å². The molecule has 6 nitrogen and oxygen atoms in total. The van der Waals surface area contributed by atoms with Gasteiger partial charge in [0.1, 0.15) is 8.42 Å². The first kappa shape index (κ1) is 17.6. The summed E-state index contributed by atoms with van der Waals surface area (Å²) in [5.41, 5.74) is 0. The monoisotopic (exact) mass is 360 g/mol. The molecule has 0 spiro atoms. The maximum Gasteiger partial charge on any atom is 0.188 e. The first-order valence-corrected chi connectivity index (χ1v) is 11.6. The molecule has 116 valence electrons. The molecular weight excluding hydrogens is 344 g/mol. The van der Waals surface area contributed by atoms with E-state index in [1.165, 1.54) is 20.8 Å². The SMILES string of the molecule is CCS(=O)(=O)c1cc(S(=O)(=O)CC)c(S(=O)(=O)CC)s1. The van der Waals surface area contributed by atoms with Gasteiger partial charge in [0, 0.05) is 0 Å². The topological polar surface area (TPSA) is 102 Å². The molecule has 0 bridgehead atoms. The summed E-state index contributed by atoms with van der Waals surface area (Å²) < 4.78 is 70.9. The largest absolute Gasteiger partial charge is 0.224 e. The summed E-state index contributed by atoms with van der Waals surface area (Å²) in [4.78, 5) is -0.404. The van der Waals surface area contributed by atoms with E-state index in [0.717, 1.165) is 6.07 Å². The van der Waals surface area contributed by atoms with Crippen LogP contribution in [0.3, 0.4) is 0 Å². The Morgan fingerprint density at radius 3 is 1.65 bits per heavy atom. The first-order valence-electron chi connectivity index (χ1n) is 5.84. The lowest BCUT2D eigenvalue weighted by atomic mass is 10.7. The standard InChI is InChI=1S/C10H16O6S4/c1-4-18(11,12)8-7-9(19(13,14)5-2)17-10(8)20(15,16)6-3/h7H,4-6H2,1-3H3. The van der Waals surface area contributed by atoms with Crippen molar-refractivity contribution < 1.29 is 25.3 Å². The van der Waals surface area contributed by atoms with E-state index in [9.17, 15) is 25.3 Å². The van der Waals surface area contributed by atoms with Crippen molar-refractivity contribution in [2.45, 2.75) is 34.1 Å². The molecule has 0 atom stereocenters. The van der Waals surface area contributed by atoms with Crippen LogP contribution >= 0.6 is 11.3 Å². The number of rotatable bonds is 6. The van der Waals surface area contributed by atoms with Crippen molar-refractivity contribution in [3.63, 3.8) is 0 Å². The molecule has 0 aliphatic carbocycles. The minimum absolute atomic E-state index is 0.218. The molecule has 0 aliphatic rings. The van der Waals surface area contributed by atoms with Crippen LogP contribution in [-0.2, 0) is 29.5 Å². The van der Waals surface area contributed by atoms with Crippen LogP contribution in [-0.4, -0.2) is 42.5 Å². The van der Waals surface area contributed by atoms with Gasteiger partial charge in [-0.2, -0.15) is 0 Å². The van der Waals surface area contributed by atoms with Gasteiger partial charge in [-0.25, -0.2) is 25.3 Å². The fourth-order valence-corrected chi connectivity index (χ4v) is 7.76. The molecule has 10 heteroatoms. The van der Waals surface area contributed by atoms with E-state index in [0.29, 0.717) is 11.3 Å². The summed E-state index contributed by atoms with van der Waals surface area (Å²) in [6.45, 7) is 4.17. The van der Waals surface area contributed by atoms with Gasteiger partial charge in [-0.1, -0.05) is 20.8 Å². The van der Waals surface area contributed by atoms with Crippen molar-refractivity contribution >= 4 is 40.8 Å². The van der Waals surface area contributed by atoms with E-state index in [2.05, 4.69) is 0 Å². The van der Waals surface area contributed by atoms with Crippen LogP contribution in [0.2, 0.25) is 0 Å². The van der Waals surface area contributed by atoms with Crippen molar-refractivity contribution in [2.24, 2.45) is 0 Å². The van der Waals surface area contributed by atoms with Crippen LogP contribution in [0.15, 0.2) is 19.4 Å². The Morgan fingerprint density at radius 2 is 1.25 bits per heavy atom. The minimum atomic E-state index is -3.80. The minimum Gasteiger partial charge on any atom is -0.224 e. The van der Waals surface area contributed by atoms with Crippen molar-refractivity contribution in [1.29, 1.82) is 0 Å². The zero-order chi connectivity index (χ0) is 15.8. The number of sulfone groups is 3. The van der Waals surface area contributed by atoms with Crippen molar-refractivity contribution in [1.82, 2.24) is 0 Å². The molecule has 0 radical (unpaired) electrons. The van der Waals surface area contributed by atoms with Gasteiger partial charge in [0.2, 0.25) is 0 Å². The number of hydrogen-bond acceptors (Lipinski definition) is 7. The Balaban J connectivity index is 3.77. The Morgan fingerprint density at radius 1 is 0.800 bits per heavy atom. The van der Waals surface area contributed by atoms with Gasteiger partial charge >= 0.3 is 0 Å². The normalized spacial score (nSPS) is 13.6. The second-order valence-electron chi connectivity index (χ2n) is 3.93. The first-order chi connectivity index (χ1) is 9.01. The van der Waals surface area contributed by atoms with Crippen molar-refractivity contribution in [3.05, 3.63) is 6.07 Å². The fourth-order valence-electron chi connectivity index (χ4n) is 1.35. The van der Waals surface area contributed by atoms with E-state index in [1.54, 1.807) is 0 Å². The highest BCUT2D eigenvalue weighted by Gasteiger charge is 2.31. The molecule has 1 rings (SSSR count). The van der Waals surface area contributed by atoms with E-state index in [1.807, 2.05) is 0 Å². The second kappa shape index (κ2) is 5.74. The summed E-state index contributed by atoms with van der Waals surface area (Å²) in [6.07, 6.45) is 0. The van der Waals surface area contributed by atoms with Crippen LogP contribution in [0.1, 0.15) is 20.8 Å². The third-order valence-corrected chi connectivity index (χ3v) is 10.5. The molecule has 0 saturated carbocycles. The van der Waals surface area contributed by atoms with E-state index < -0.39 is 34.4 Å². The Labute approximate surface area is 123 Å². The highest BCUT2D eigenvalue weighted by molar-refractivity contribution is 7.97. The van der Waals surface area contributed by atoms with Gasteiger partial charge in [-0.15, -0.1) is 11.3 Å². The van der Waals surface area contributed by atoms with Gasteiger partial charge in [-0.05, 0) is 6.07 Å². The summed E-state index contributed by atoms with van der Waals surface area (Å²) in [5.74, 6) is -0.794. The maximum atomic E-state index is 12.0. The molecule has 0 aromatic carbocycles. The Hall–Kier alpha value is -0.450. The molecule has 0 N–H and O–H groups in total. The lowest BCUT2D eigenvalue weighted by molar-refractivity contribution is 0.586. The Bertz CT molecular complexity index is 744. The third kappa shape index (κ3) is 3.23. The third-order valence-electron chi connectivity index (χ3n) is 2.71. The predicted molar refractivity (Wildman–Crippen MR) is 77.5 cm³/mol. The lowest BCUT2D eigenvalue weighted by Crippen LogP contribution is -2.10. The molecule has 1 heterocycles. The van der Waals surface area contributed by atoms with Crippen LogP contribution in [0.25, 0.3) is 0 Å². The van der Waals surface area contributed by atoms with Gasteiger partial charge in [0.05, 0.1) is 22.2 Å². The fraction of sp³-hybridized carbons (Fsp3) is 0.600. The van der Waals surface area contributed by atoms with Crippen LogP contribution < -0.4 is 0 Å². The average molecular weight is 361 g/mol. The molecular formula is C10H16O6S4. The summed E-state index contributed by atoms with van der Waals surface area (Å²) in [5, 5.41) is 0. The summed E-state index contributed by atoms with van der Waals surface area (Å²) >= 11 is 0.510. The molecule has 0 saturated heterocycles. The van der Waals surface area contributed by atoms with Gasteiger partial charge in [-0.3, -0.25) is 0 Å². The van der Waals surface area contributed by atoms with E-state index >= 15 is 0 Å². The molecule has 0 amide bonds. The smallest absolute Gasteiger partial charge is 0.188 e. The zero-order valence-corrected chi connectivity index (χ0v) is 14.5. The number of thiophene rings is 1. The van der Waals surface area contributed by atoms with Crippen LogP contribution in [0.5, 0.6) is 0 Å². The highest BCUT2D eigenvalue weighted by atomic mass is 32.3. The lowest BCUT2D eigenvalue weighted by Gasteiger charge is -2.02. The average Bonchev–Trinajstić information content (AvgIpc) is 2.86. The van der Waals surface area contributed by atoms with Crippen LogP contribution in [0.4, 0.5) is 0 Å². The van der Waals surface area contributed by atoms with Gasteiger partial charge in [0.15, 0.2) is 29.5 Å². The summed E-state index contributed by atoms with van der Waals surface area (Å²) in [6, 6.07) is 0.963.